The molecule has 1 atom stereocenters. The number of hydrogen-bond acceptors (Lipinski definition) is 4. The van der Waals surface area contributed by atoms with E-state index >= 15 is 0 Å². The lowest BCUT2D eigenvalue weighted by Gasteiger charge is -2.33. The summed E-state index contributed by atoms with van der Waals surface area (Å²) < 4.78 is 0. The zero-order valence-electron chi connectivity index (χ0n) is 13.5. The first-order valence-electron chi connectivity index (χ1n) is 8.18. The molecular formula is C17H30N4. The van der Waals surface area contributed by atoms with Crippen molar-refractivity contribution in [2.75, 3.05) is 52.9 Å². The number of likely N-dealkylation sites (tertiary alicyclic amines) is 1. The van der Waals surface area contributed by atoms with Crippen LogP contribution in [0.5, 0.6) is 0 Å². The van der Waals surface area contributed by atoms with E-state index in [4.69, 9.17) is 0 Å². The molecule has 0 aromatic rings. The molecule has 118 valence electrons. The van der Waals surface area contributed by atoms with Gasteiger partial charge < -0.3 is 9.80 Å². The minimum Gasteiger partial charge on any atom is -0.304 e. The molecule has 0 saturated carbocycles. The molecule has 2 aliphatic rings. The van der Waals surface area contributed by atoms with Crippen LogP contribution in [-0.4, -0.2) is 80.3 Å². The minimum absolute atomic E-state index is 0.500. The van der Waals surface area contributed by atoms with Gasteiger partial charge in [-0.15, -0.1) is 0 Å². The molecule has 2 heterocycles. The lowest BCUT2D eigenvalue weighted by Crippen LogP contribution is -2.45. The molecule has 2 fully saturated rings. The molecule has 0 spiro atoms. The SMILES string of the molecule is C=C/C(=C\N=C)C1CCCN1CCCN1CCN(C)CC1. The molecule has 0 aromatic heterocycles. The zero-order valence-corrected chi connectivity index (χ0v) is 13.5. The van der Waals surface area contributed by atoms with Crippen molar-refractivity contribution in [2.45, 2.75) is 25.3 Å². The molecule has 4 nitrogen and oxygen atoms in total. The molecule has 0 aromatic carbocycles. The summed E-state index contributed by atoms with van der Waals surface area (Å²) in [5, 5.41) is 0. The van der Waals surface area contributed by atoms with Crippen molar-refractivity contribution in [2.24, 2.45) is 4.99 Å². The molecule has 0 N–H and O–H groups in total. The second-order valence-electron chi connectivity index (χ2n) is 6.21. The Labute approximate surface area is 129 Å². The van der Waals surface area contributed by atoms with Crippen LogP contribution in [0.4, 0.5) is 0 Å². The zero-order chi connectivity index (χ0) is 15.1. The molecule has 2 aliphatic heterocycles. The molecule has 0 radical (unpaired) electrons. The lowest BCUT2D eigenvalue weighted by molar-refractivity contribution is 0.146. The minimum atomic E-state index is 0.500. The fourth-order valence-corrected chi connectivity index (χ4v) is 3.42. The van der Waals surface area contributed by atoms with Crippen molar-refractivity contribution in [3.63, 3.8) is 0 Å². The first-order chi connectivity index (χ1) is 10.2. The van der Waals surface area contributed by atoms with Gasteiger partial charge in [-0.3, -0.25) is 9.89 Å². The highest BCUT2D eigenvalue weighted by atomic mass is 15.2. The normalized spacial score (nSPS) is 26.1. The van der Waals surface area contributed by atoms with E-state index in [0.717, 1.165) is 0 Å². The lowest BCUT2D eigenvalue weighted by atomic mass is 10.1. The maximum Gasteiger partial charge on any atom is 0.0363 e. The van der Waals surface area contributed by atoms with Crippen LogP contribution in [0.15, 0.2) is 29.4 Å². The summed E-state index contributed by atoms with van der Waals surface area (Å²) in [6.45, 7) is 16.0. The summed E-state index contributed by atoms with van der Waals surface area (Å²) in [5.41, 5.74) is 1.22. The van der Waals surface area contributed by atoms with E-state index in [1.807, 2.05) is 12.3 Å². The third-order valence-corrected chi connectivity index (χ3v) is 4.74. The van der Waals surface area contributed by atoms with Crippen molar-refractivity contribution in [3.8, 4) is 0 Å². The van der Waals surface area contributed by atoms with Gasteiger partial charge in [0.1, 0.15) is 0 Å². The van der Waals surface area contributed by atoms with Crippen molar-refractivity contribution < 1.29 is 0 Å². The Morgan fingerprint density at radius 1 is 1.19 bits per heavy atom. The van der Waals surface area contributed by atoms with Gasteiger partial charge in [-0.25, -0.2) is 0 Å². The van der Waals surface area contributed by atoms with Crippen molar-refractivity contribution in [3.05, 3.63) is 24.4 Å². The van der Waals surface area contributed by atoms with Crippen LogP contribution in [0.2, 0.25) is 0 Å². The number of likely N-dealkylation sites (N-methyl/N-ethyl adjacent to an activating group) is 1. The Morgan fingerprint density at radius 2 is 1.95 bits per heavy atom. The monoisotopic (exact) mass is 290 g/mol. The van der Waals surface area contributed by atoms with Crippen LogP contribution in [0, 0.1) is 0 Å². The molecule has 4 heteroatoms. The van der Waals surface area contributed by atoms with E-state index in [9.17, 15) is 0 Å². The molecule has 0 bridgehead atoms. The Balaban J connectivity index is 1.75. The molecule has 2 saturated heterocycles. The fourth-order valence-electron chi connectivity index (χ4n) is 3.42. The van der Waals surface area contributed by atoms with Gasteiger partial charge in [-0.2, -0.15) is 0 Å². The smallest absolute Gasteiger partial charge is 0.0363 e. The summed E-state index contributed by atoms with van der Waals surface area (Å²) >= 11 is 0. The van der Waals surface area contributed by atoms with Gasteiger partial charge in [0, 0.05) is 38.4 Å². The van der Waals surface area contributed by atoms with Gasteiger partial charge in [0.25, 0.3) is 0 Å². The fraction of sp³-hybridized carbons (Fsp3) is 0.706. The Bertz CT molecular complexity index is 369. The van der Waals surface area contributed by atoms with Crippen LogP contribution in [0.3, 0.4) is 0 Å². The highest BCUT2D eigenvalue weighted by Crippen LogP contribution is 2.24. The average molecular weight is 290 g/mol. The summed E-state index contributed by atoms with van der Waals surface area (Å²) in [4.78, 5) is 11.5. The molecular weight excluding hydrogens is 260 g/mol. The van der Waals surface area contributed by atoms with E-state index in [2.05, 4.69) is 40.0 Å². The third kappa shape index (κ3) is 4.77. The quantitative estimate of drug-likeness (QED) is 0.528. The Hall–Kier alpha value is -0.970. The van der Waals surface area contributed by atoms with Gasteiger partial charge in [0.15, 0.2) is 0 Å². The maximum absolute atomic E-state index is 3.92. The predicted octanol–water partition coefficient (Wildman–Crippen LogP) is 1.86. The molecule has 2 rings (SSSR count). The van der Waals surface area contributed by atoms with Crippen molar-refractivity contribution >= 4 is 6.72 Å². The van der Waals surface area contributed by atoms with Gasteiger partial charge in [-0.1, -0.05) is 12.7 Å². The van der Waals surface area contributed by atoms with E-state index in [0.29, 0.717) is 6.04 Å². The summed E-state index contributed by atoms with van der Waals surface area (Å²) in [6.07, 6.45) is 7.57. The number of hydrogen-bond donors (Lipinski definition) is 0. The first kappa shape index (κ1) is 16.4. The largest absolute Gasteiger partial charge is 0.304 e. The molecule has 1 unspecified atom stereocenters. The Morgan fingerprint density at radius 3 is 2.62 bits per heavy atom. The second kappa shape index (κ2) is 8.47. The summed E-state index contributed by atoms with van der Waals surface area (Å²) in [5.74, 6) is 0. The van der Waals surface area contributed by atoms with Crippen LogP contribution < -0.4 is 0 Å². The van der Waals surface area contributed by atoms with Crippen LogP contribution in [-0.2, 0) is 0 Å². The summed E-state index contributed by atoms with van der Waals surface area (Å²) in [7, 11) is 2.21. The number of piperazine rings is 1. The number of rotatable bonds is 7. The van der Waals surface area contributed by atoms with Gasteiger partial charge in [-0.05, 0) is 58.2 Å². The van der Waals surface area contributed by atoms with Crippen LogP contribution >= 0.6 is 0 Å². The van der Waals surface area contributed by atoms with E-state index in [1.54, 1.807) is 0 Å². The average Bonchev–Trinajstić information content (AvgIpc) is 2.95. The summed E-state index contributed by atoms with van der Waals surface area (Å²) in [6, 6.07) is 0.500. The highest BCUT2D eigenvalue weighted by molar-refractivity contribution is 5.31. The van der Waals surface area contributed by atoms with Crippen molar-refractivity contribution in [1.82, 2.24) is 14.7 Å². The van der Waals surface area contributed by atoms with Gasteiger partial charge >= 0.3 is 0 Å². The molecule has 21 heavy (non-hydrogen) atoms. The van der Waals surface area contributed by atoms with Crippen molar-refractivity contribution in [1.29, 1.82) is 0 Å². The second-order valence-corrected chi connectivity index (χ2v) is 6.21. The molecule has 0 amide bonds. The topological polar surface area (TPSA) is 22.1 Å². The standard InChI is InChI=1S/C17H30N4/c1-4-16(15-18-2)17-7-5-9-21(17)10-6-8-20-13-11-19(3)12-14-20/h4,15,17H,1-2,5-14H2,3H3/b16-15+. The van der Waals surface area contributed by atoms with Gasteiger partial charge in [0.05, 0.1) is 0 Å². The molecule has 0 aliphatic carbocycles. The number of nitrogens with zero attached hydrogens (tertiary/aromatic N) is 4. The first-order valence-corrected chi connectivity index (χ1v) is 8.18. The van der Waals surface area contributed by atoms with Crippen LogP contribution in [0.1, 0.15) is 19.3 Å². The van der Waals surface area contributed by atoms with E-state index in [-0.39, 0.29) is 0 Å². The maximum atomic E-state index is 3.92. The Kier molecular flexibility index (Phi) is 6.61. The predicted molar refractivity (Wildman–Crippen MR) is 91.0 cm³/mol. The third-order valence-electron chi connectivity index (χ3n) is 4.74. The van der Waals surface area contributed by atoms with E-state index < -0.39 is 0 Å². The highest BCUT2D eigenvalue weighted by Gasteiger charge is 2.26. The number of aliphatic imine (C=N–C) groups is 1. The van der Waals surface area contributed by atoms with Gasteiger partial charge in [0.2, 0.25) is 0 Å². The van der Waals surface area contributed by atoms with Crippen LogP contribution in [0.25, 0.3) is 0 Å². The van der Waals surface area contributed by atoms with E-state index in [1.165, 1.54) is 70.6 Å².